The standard InChI is InChI=1S/C26H26F2N4O2/c1-17-10-13-31(14-11-17)26-29-23-12-15-32(25(33)18-2-4-19(27)5-3-18)16-22(23)24(30-26)34-21-8-6-20(28)7-9-21/h2-9,17H,10-16H2,1H3. The second kappa shape index (κ2) is 9.37. The molecular formula is C26H26F2N4O2. The summed E-state index contributed by atoms with van der Waals surface area (Å²) in [6.45, 7) is 4.78. The van der Waals surface area contributed by atoms with Gasteiger partial charge < -0.3 is 14.5 Å². The van der Waals surface area contributed by atoms with Crippen molar-refractivity contribution in [1.82, 2.24) is 14.9 Å². The Bertz CT molecular complexity index is 1180. The summed E-state index contributed by atoms with van der Waals surface area (Å²) in [7, 11) is 0. The van der Waals surface area contributed by atoms with Gasteiger partial charge in [-0.15, -0.1) is 0 Å². The average Bonchev–Trinajstić information content (AvgIpc) is 2.85. The van der Waals surface area contributed by atoms with Crippen molar-refractivity contribution in [2.45, 2.75) is 32.7 Å². The number of hydrogen-bond donors (Lipinski definition) is 0. The van der Waals surface area contributed by atoms with E-state index in [1.807, 2.05) is 0 Å². The minimum atomic E-state index is -0.386. The molecule has 0 unspecified atom stereocenters. The van der Waals surface area contributed by atoms with E-state index in [0.29, 0.717) is 42.0 Å². The Morgan fingerprint density at radius 3 is 2.26 bits per heavy atom. The lowest BCUT2D eigenvalue weighted by Crippen LogP contribution is -2.38. The first-order chi connectivity index (χ1) is 16.5. The molecule has 5 rings (SSSR count). The summed E-state index contributed by atoms with van der Waals surface area (Å²) in [5.74, 6) is 1.22. The van der Waals surface area contributed by atoms with Crippen LogP contribution in [-0.4, -0.2) is 40.4 Å². The molecule has 1 saturated heterocycles. The Morgan fingerprint density at radius 1 is 0.941 bits per heavy atom. The molecule has 0 N–H and O–H groups in total. The number of aromatic nitrogens is 2. The van der Waals surface area contributed by atoms with Crippen molar-refractivity contribution in [2.75, 3.05) is 24.5 Å². The summed E-state index contributed by atoms with van der Waals surface area (Å²) in [5.41, 5.74) is 2.01. The van der Waals surface area contributed by atoms with Crippen LogP contribution >= 0.6 is 0 Å². The van der Waals surface area contributed by atoms with E-state index in [9.17, 15) is 13.6 Å². The van der Waals surface area contributed by atoms with Gasteiger partial charge in [-0.25, -0.2) is 13.8 Å². The maximum Gasteiger partial charge on any atom is 0.254 e. The first-order valence-corrected chi connectivity index (χ1v) is 11.6. The molecule has 0 aliphatic carbocycles. The molecule has 1 aromatic heterocycles. The van der Waals surface area contributed by atoms with Gasteiger partial charge in [-0.05, 0) is 67.3 Å². The van der Waals surface area contributed by atoms with Crippen molar-refractivity contribution < 1.29 is 18.3 Å². The van der Waals surface area contributed by atoms with Gasteiger partial charge >= 0.3 is 0 Å². The van der Waals surface area contributed by atoms with Crippen molar-refractivity contribution in [3.05, 3.63) is 77.0 Å². The quantitative estimate of drug-likeness (QED) is 0.545. The monoisotopic (exact) mass is 464 g/mol. The van der Waals surface area contributed by atoms with Crippen LogP contribution in [0.2, 0.25) is 0 Å². The highest BCUT2D eigenvalue weighted by atomic mass is 19.1. The zero-order chi connectivity index (χ0) is 23.7. The summed E-state index contributed by atoms with van der Waals surface area (Å²) in [4.78, 5) is 26.5. The van der Waals surface area contributed by atoms with Gasteiger partial charge in [0, 0.05) is 31.6 Å². The fourth-order valence-corrected chi connectivity index (χ4v) is 4.37. The van der Waals surface area contributed by atoms with Gasteiger partial charge in [-0.3, -0.25) is 4.79 Å². The van der Waals surface area contributed by atoms with Gasteiger partial charge in [0.05, 0.1) is 17.8 Å². The Kier molecular flexibility index (Phi) is 6.13. The lowest BCUT2D eigenvalue weighted by Gasteiger charge is -2.33. The van der Waals surface area contributed by atoms with E-state index in [1.165, 1.54) is 36.4 Å². The van der Waals surface area contributed by atoms with Crippen molar-refractivity contribution in [2.24, 2.45) is 5.92 Å². The molecule has 6 nitrogen and oxygen atoms in total. The Hall–Kier alpha value is -3.55. The number of halogens is 2. The molecule has 0 atom stereocenters. The van der Waals surface area contributed by atoms with Crippen molar-refractivity contribution in [3.63, 3.8) is 0 Å². The van der Waals surface area contributed by atoms with Crippen molar-refractivity contribution in [1.29, 1.82) is 0 Å². The fourth-order valence-electron chi connectivity index (χ4n) is 4.37. The molecule has 3 heterocycles. The van der Waals surface area contributed by atoms with E-state index < -0.39 is 0 Å². The Labute approximate surface area is 197 Å². The number of piperidine rings is 1. The number of carbonyl (C=O) groups excluding carboxylic acids is 1. The Morgan fingerprint density at radius 2 is 1.59 bits per heavy atom. The third-order valence-electron chi connectivity index (χ3n) is 6.48. The van der Waals surface area contributed by atoms with E-state index in [4.69, 9.17) is 14.7 Å². The second-order valence-corrected chi connectivity index (χ2v) is 8.96. The first-order valence-electron chi connectivity index (χ1n) is 11.6. The zero-order valence-electron chi connectivity index (χ0n) is 19.0. The molecule has 176 valence electrons. The van der Waals surface area contributed by atoms with E-state index in [0.717, 1.165) is 37.2 Å². The topological polar surface area (TPSA) is 58.6 Å². The number of hydrogen-bond acceptors (Lipinski definition) is 5. The normalized spacial score (nSPS) is 16.3. The summed E-state index contributed by atoms with van der Waals surface area (Å²) in [5, 5.41) is 0. The smallest absolute Gasteiger partial charge is 0.254 e. The van der Waals surface area contributed by atoms with Gasteiger partial charge in [-0.2, -0.15) is 4.98 Å². The molecule has 2 aromatic carbocycles. The molecule has 0 radical (unpaired) electrons. The van der Waals surface area contributed by atoms with E-state index in [1.54, 1.807) is 17.0 Å². The molecule has 2 aliphatic rings. The summed E-state index contributed by atoms with van der Waals surface area (Å²) >= 11 is 0. The van der Waals surface area contributed by atoms with Crippen LogP contribution < -0.4 is 9.64 Å². The number of carbonyl (C=O) groups is 1. The highest BCUT2D eigenvalue weighted by Crippen LogP contribution is 2.33. The van der Waals surface area contributed by atoms with Crippen molar-refractivity contribution in [3.8, 4) is 11.6 Å². The third-order valence-corrected chi connectivity index (χ3v) is 6.48. The molecule has 3 aromatic rings. The van der Waals surface area contributed by atoms with E-state index in [-0.39, 0.29) is 24.1 Å². The maximum atomic E-state index is 13.4. The molecular weight excluding hydrogens is 438 g/mol. The summed E-state index contributed by atoms with van der Waals surface area (Å²) < 4.78 is 32.8. The lowest BCUT2D eigenvalue weighted by molar-refractivity contribution is 0.0732. The molecule has 8 heteroatoms. The molecule has 0 saturated carbocycles. The molecule has 2 aliphatic heterocycles. The zero-order valence-corrected chi connectivity index (χ0v) is 19.0. The SMILES string of the molecule is CC1CCN(c2nc3c(c(Oc4ccc(F)cc4)n2)CN(C(=O)c2ccc(F)cc2)CC3)CC1. The van der Waals surface area contributed by atoms with Gasteiger partial charge in [0.2, 0.25) is 11.8 Å². The number of nitrogens with zero attached hydrogens (tertiary/aromatic N) is 4. The van der Waals surface area contributed by atoms with Crippen LogP contribution in [0.15, 0.2) is 48.5 Å². The van der Waals surface area contributed by atoms with Crippen LogP contribution in [0.4, 0.5) is 14.7 Å². The number of rotatable bonds is 4. The first kappa shape index (κ1) is 22.3. The van der Waals surface area contributed by atoms with Crippen LogP contribution in [0.3, 0.4) is 0 Å². The third kappa shape index (κ3) is 4.71. The minimum Gasteiger partial charge on any atom is -0.438 e. The number of benzene rings is 2. The average molecular weight is 465 g/mol. The van der Waals surface area contributed by atoms with E-state index >= 15 is 0 Å². The van der Waals surface area contributed by atoms with Gasteiger partial charge in [-0.1, -0.05) is 6.92 Å². The van der Waals surface area contributed by atoms with Crippen LogP contribution in [0.1, 0.15) is 41.4 Å². The second-order valence-electron chi connectivity index (χ2n) is 8.96. The predicted molar refractivity (Wildman–Crippen MR) is 124 cm³/mol. The number of fused-ring (bicyclic) bond motifs is 1. The number of anilines is 1. The van der Waals surface area contributed by atoms with E-state index in [2.05, 4.69) is 11.8 Å². The van der Waals surface area contributed by atoms with Gasteiger partial charge in [0.1, 0.15) is 17.4 Å². The van der Waals surface area contributed by atoms with Crippen LogP contribution in [0.25, 0.3) is 0 Å². The van der Waals surface area contributed by atoms with Gasteiger partial charge in [0.15, 0.2) is 0 Å². The molecule has 1 fully saturated rings. The molecule has 0 spiro atoms. The predicted octanol–water partition coefficient (Wildman–Crippen LogP) is 4.98. The molecule has 34 heavy (non-hydrogen) atoms. The maximum absolute atomic E-state index is 13.4. The Balaban J connectivity index is 1.46. The highest BCUT2D eigenvalue weighted by molar-refractivity contribution is 5.94. The largest absolute Gasteiger partial charge is 0.438 e. The fraction of sp³-hybridized carbons (Fsp3) is 0.346. The lowest BCUT2D eigenvalue weighted by atomic mass is 9.99. The highest BCUT2D eigenvalue weighted by Gasteiger charge is 2.29. The minimum absolute atomic E-state index is 0.188. The molecule has 0 bridgehead atoms. The van der Waals surface area contributed by atoms with Crippen molar-refractivity contribution >= 4 is 11.9 Å². The van der Waals surface area contributed by atoms with Crippen LogP contribution in [0, 0.1) is 17.6 Å². The van der Waals surface area contributed by atoms with Crippen LogP contribution in [0.5, 0.6) is 11.6 Å². The van der Waals surface area contributed by atoms with Crippen LogP contribution in [-0.2, 0) is 13.0 Å². The summed E-state index contributed by atoms with van der Waals surface area (Å²) in [6.07, 6.45) is 2.71. The molecule has 1 amide bonds. The summed E-state index contributed by atoms with van der Waals surface area (Å²) in [6, 6.07) is 11.3. The number of amides is 1. The number of ether oxygens (including phenoxy) is 1. The van der Waals surface area contributed by atoms with Gasteiger partial charge in [0.25, 0.3) is 5.91 Å².